The number of nitrogens with one attached hydrogen (secondary N) is 2. The summed E-state index contributed by atoms with van der Waals surface area (Å²) in [5.41, 5.74) is 1.37. The average molecular weight is 325 g/mol. The van der Waals surface area contributed by atoms with Crippen LogP contribution in [-0.4, -0.2) is 23.3 Å². The zero-order valence-corrected chi connectivity index (χ0v) is 13.1. The molecule has 0 bridgehead atoms. The van der Waals surface area contributed by atoms with Crippen LogP contribution in [0.25, 0.3) is 10.9 Å². The monoisotopic (exact) mass is 325 g/mol. The van der Waals surface area contributed by atoms with Crippen LogP contribution in [0.2, 0.25) is 0 Å². The summed E-state index contributed by atoms with van der Waals surface area (Å²) in [7, 11) is 0. The van der Waals surface area contributed by atoms with Crippen molar-refractivity contribution < 1.29 is 9.59 Å². The van der Waals surface area contributed by atoms with Gasteiger partial charge in [0.05, 0.1) is 24.2 Å². The van der Waals surface area contributed by atoms with E-state index in [0.29, 0.717) is 12.1 Å². The van der Waals surface area contributed by atoms with Gasteiger partial charge >= 0.3 is 0 Å². The predicted molar refractivity (Wildman–Crippen MR) is 91.4 cm³/mol. The average Bonchev–Trinajstić information content (AvgIpc) is 3.06. The normalized spacial score (nSPS) is 10.4. The molecule has 23 heavy (non-hydrogen) atoms. The summed E-state index contributed by atoms with van der Waals surface area (Å²) in [5, 5.41) is 8.28. The molecule has 1 aromatic carbocycles. The van der Waals surface area contributed by atoms with Gasteiger partial charge in [0.25, 0.3) is 0 Å². The number of carbonyl (C=O) groups excluding carboxylic acids is 2. The summed E-state index contributed by atoms with van der Waals surface area (Å²) in [4.78, 5) is 29.0. The molecule has 0 radical (unpaired) electrons. The largest absolute Gasteiger partial charge is 0.347 e. The Morgan fingerprint density at radius 1 is 1.04 bits per heavy atom. The first-order valence-corrected chi connectivity index (χ1v) is 8.03. The van der Waals surface area contributed by atoms with Crippen LogP contribution >= 0.6 is 11.3 Å². The number of rotatable bonds is 5. The Morgan fingerprint density at radius 3 is 2.74 bits per heavy atom. The molecule has 2 heterocycles. The number of amides is 2. The van der Waals surface area contributed by atoms with Crippen molar-refractivity contribution in [2.24, 2.45) is 0 Å². The fourth-order valence-corrected chi connectivity index (χ4v) is 2.92. The van der Waals surface area contributed by atoms with E-state index in [1.54, 1.807) is 12.3 Å². The van der Waals surface area contributed by atoms with Crippen molar-refractivity contribution in [3.8, 4) is 0 Å². The molecule has 0 aliphatic carbocycles. The fourth-order valence-electron chi connectivity index (χ4n) is 2.21. The van der Waals surface area contributed by atoms with Crippen molar-refractivity contribution in [2.75, 3.05) is 11.9 Å². The first-order valence-electron chi connectivity index (χ1n) is 7.15. The number of aromatic nitrogens is 1. The minimum Gasteiger partial charge on any atom is -0.347 e. The standard InChI is InChI=1S/C17H15N3O2S/c21-15(10-13-6-3-9-23-13)19-11-16(22)20-14-7-1-4-12-5-2-8-18-17(12)14/h1-9H,10-11H2,(H,19,21)(H,20,22). The van der Waals surface area contributed by atoms with Gasteiger partial charge in [0.2, 0.25) is 11.8 Å². The molecular weight excluding hydrogens is 310 g/mol. The van der Waals surface area contributed by atoms with Crippen LogP contribution in [0.3, 0.4) is 0 Å². The van der Waals surface area contributed by atoms with Gasteiger partial charge in [-0.05, 0) is 23.6 Å². The summed E-state index contributed by atoms with van der Waals surface area (Å²) in [6, 6.07) is 13.1. The number of hydrogen-bond acceptors (Lipinski definition) is 4. The van der Waals surface area contributed by atoms with Crippen LogP contribution in [0, 0.1) is 0 Å². The molecule has 2 N–H and O–H groups in total. The molecule has 116 valence electrons. The third kappa shape index (κ3) is 3.92. The van der Waals surface area contributed by atoms with E-state index >= 15 is 0 Å². The van der Waals surface area contributed by atoms with E-state index < -0.39 is 0 Å². The van der Waals surface area contributed by atoms with Crippen LogP contribution in [0.5, 0.6) is 0 Å². The summed E-state index contributed by atoms with van der Waals surface area (Å²) < 4.78 is 0. The third-order valence-corrected chi connectivity index (χ3v) is 4.14. The lowest BCUT2D eigenvalue weighted by Gasteiger charge is -2.08. The molecule has 0 saturated carbocycles. The Labute approximate surface area is 137 Å². The predicted octanol–water partition coefficient (Wildman–Crippen LogP) is 2.59. The lowest BCUT2D eigenvalue weighted by Crippen LogP contribution is -2.33. The molecule has 0 saturated heterocycles. The summed E-state index contributed by atoms with van der Waals surface area (Å²) in [5.74, 6) is -0.443. The maximum Gasteiger partial charge on any atom is 0.243 e. The lowest BCUT2D eigenvalue weighted by atomic mass is 10.2. The number of pyridine rings is 1. The topological polar surface area (TPSA) is 71.1 Å². The molecule has 0 unspecified atom stereocenters. The van der Waals surface area contributed by atoms with Gasteiger partial charge in [-0.25, -0.2) is 0 Å². The molecule has 5 nitrogen and oxygen atoms in total. The maximum absolute atomic E-state index is 12.0. The third-order valence-electron chi connectivity index (χ3n) is 3.27. The van der Waals surface area contributed by atoms with E-state index in [9.17, 15) is 9.59 Å². The molecule has 6 heteroatoms. The first-order chi connectivity index (χ1) is 11.2. The Balaban J connectivity index is 1.57. The highest BCUT2D eigenvalue weighted by atomic mass is 32.1. The second kappa shape index (κ2) is 7.02. The summed E-state index contributed by atoms with van der Waals surface area (Å²) >= 11 is 1.52. The van der Waals surface area contributed by atoms with Gasteiger partial charge in [-0.3, -0.25) is 14.6 Å². The van der Waals surface area contributed by atoms with Crippen molar-refractivity contribution in [2.45, 2.75) is 6.42 Å². The Bertz CT molecular complexity index is 825. The minimum absolute atomic E-state index is 0.0621. The van der Waals surface area contributed by atoms with E-state index in [2.05, 4.69) is 15.6 Å². The van der Waals surface area contributed by atoms with Crippen molar-refractivity contribution in [3.63, 3.8) is 0 Å². The van der Waals surface area contributed by atoms with Crippen molar-refractivity contribution in [1.29, 1.82) is 0 Å². The molecule has 0 fully saturated rings. The molecule has 0 aliphatic heterocycles. The van der Waals surface area contributed by atoms with Gasteiger partial charge in [-0.1, -0.05) is 24.3 Å². The number of anilines is 1. The number of para-hydroxylation sites is 1. The second-order valence-electron chi connectivity index (χ2n) is 4.96. The molecule has 3 aromatic rings. The van der Waals surface area contributed by atoms with Crippen molar-refractivity contribution in [1.82, 2.24) is 10.3 Å². The molecule has 2 aromatic heterocycles. The Morgan fingerprint density at radius 2 is 1.91 bits per heavy atom. The minimum atomic E-state index is -0.275. The highest BCUT2D eigenvalue weighted by Crippen LogP contribution is 2.20. The van der Waals surface area contributed by atoms with Crippen molar-refractivity contribution in [3.05, 3.63) is 58.9 Å². The van der Waals surface area contributed by atoms with Gasteiger partial charge in [0, 0.05) is 16.5 Å². The van der Waals surface area contributed by atoms with Gasteiger partial charge in [-0.15, -0.1) is 11.3 Å². The van der Waals surface area contributed by atoms with Gasteiger partial charge < -0.3 is 10.6 Å². The zero-order chi connectivity index (χ0) is 16.1. The lowest BCUT2D eigenvalue weighted by molar-refractivity contribution is -0.123. The van der Waals surface area contributed by atoms with Crippen LogP contribution in [0.4, 0.5) is 5.69 Å². The van der Waals surface area contributed by atoms with Crippen LogP contribution in [0.15, 0.2) is 54.0 Å². The molecule has 0 atom stereocenters. The highest BCUT2D eigenvalue weighted by Gasteiger charge is 2.09. The fraction of sp³-hybridized carbons (Fsp3) is 0.118. The Hall–Kier alpha value is -2.73. The van der Waals surface area contributed by atoms with Crippen LogP contribution < -0.4 is 10.6 Å². The number of benzene rings is 1. The number of carbonyl (C=O) groups is 2. The van der Waals surface area contributed by atoms with Crippen LogP contribution in [0.1, 0.15) is 4.88 Å². The molecule has 0 spiro atoms. The Kier molecular flexibility index (Phi) is 4.63. The van der Waals surface area contributed by atoms with Crippen molar-refractivity contribution >= 4 is 39.7 Å². The summed E-state index contributed by atoms with van der Waals surface area (Å²) in [6.07, 6.45) is 1.97. The van der Waals surface area contributed by atoms with E-state index in [4.69, 9.17) is 0 Å². The van der Waals surface area contributed by atoms with Crippen LogP contribution in [-0.2, 0) is 16.0 Å². The number of hydrogen-bond donors (Lipinski definition) is 2. The van der Waals surface area contributed by atoms with Gasteiger partial charge in [-0.2, -0.15) is 0 Å². The molecule has 2 amide bonds. The van der Waals surface area contributed by atoms with E-state index in [0.717, 1.165) is 15.8 Å². The van der Waals surface area contributed by atoms with E-state index in [-0.39, 0.29) is 18.4 Å². The zero-order valence-electron chi connectivity index (χ0n) is 12.3. The number of thiophene rings is 1. The molecule has 3 rings (SSSR count). The first kappa shape index (κ1) is 15.2. The maximum atomic E-state index is 12.0. The SMILES string of the molecule is O=C(Cc1cccs1)NCC(=O)Nc1cccc2cccnc12. The summed E-state index contributed by atoms with van der Waals surface area (Å²) in [6.45, 7) is -0.0621. The second-order valence-corrected chi connectivity index (χ2v) is 5.99. The number of fused-ring (bicyclic) bond motifs is 1. The van der Waals surface area contributed by atoms with E-state index in [1.165, 1.54) is 11.3 Å². The van der Waals surface area contributed by atoms with Gasteiger partial charge in [0.15, 0.2) is 0 Å². The van der Waals surface area contributed by atoms with Gasteiger partial charge in [0.1, 0.15) is 0 Å². The number of nitrogens with zero attached hydrogens (tertiary/aromatic N) is 1. The molecular formula is C17H15N3O2S. The highest BCUT2D eigenvalue weighted by molar-refractivity contribution is 7.10. The quantitative estimate of drug-likeness (QED) is 0.757. The molecule has 0 aliphatic rings. The smallest absolute Gasteiger partial charge is 0.243 e. The van der Waals surface area contributed by atoms with E-state index in [1.807, 2.05) is 41.8 Å².